The first-order valence-electron chi connectivity index (χ1n) is 8.63. The maximum absolute atomic E-state index is 12.8. The van der Waals surface area contributed by atoms with E-state index in [1.165, 1.54) is 11.8 Å². The van der Waals surface area contributed by atoms with Gasteiger partial charge in [0.15, 0.2) is 0 Å². The molecule has 6 nitrogen and oxygen atoms in total. The lowest BCUT2D eigenvalue weighted by atomic mass is 9.83. The minimum atomic E-state index is -0.887. The number of aliphatic hydroxyl groups is 1. The first kappa shape index (κ1) is 16.6. The predicted molar refractivity (Wildman–Crippen MR) is 95.0 cm³/mol. The van der Waals surface area contributed by atoms with E-state index < -0.39 is 5.60 Å². The van der Waals surface area contributed by atoms with Gasteiger partial charge in [0.05, 0.1) is 16.5 Å². The fourth-order valence-corrected chi connectivity index (χ4v) is 5.04. The molecule has 1 N–H and O–H groups in total. The van der Waals surface area contributed by atoms with Gasteiger partial charge in [0.25, 0.3) is 0 Å². The topological polar surface area (TPSA) is 71.2 Å². The molecule has 0 aliphatic carbocycles. The Bertz CT molecular complexity index is 749. The smallest absolute Gasteiger partial charge is 0.233 e. The number of hydrogen-bond donors (Lipinski definition) is 1. The lowest BCUT2D eigenvalue weighted by Gasteiger charge is -2.43. The normalized spacial score (nSPS) is 28.3. The third-order valence-corrected chi connectivity index (χ3v) is 6.26. The number of pyridine rings is 1. The number of rotatable bonds is 4. The van der Waals surface area contributed by atoms with Crippen molar-refractivity contribution in [1.82, 2.24) is 19.7 Å². The molecule has 25 heavy (non-hydrogen) atoms. The summed E-state index contributed by atoms with van der Waals surface area (Å²) in [7, 11) is 1.86. The lowest BCUT2D eigenvalue weighted by Crippen LogP contribution is -2.53. The summed E-state index contributed by atoms with van der Waals surface area (Å²) in [5, 5.41) is 16.2. The molecule has 2 bridgehead atoms. The van der Waals surface area contributed by atoms with Crippen molar-refractivity contribution in [2.24, 2.45) is 7.05 Å². The highest BCUT2D eigenvalue weighted by Gasteiger charge is 2.50. The Morgan fingerprint density at radius 3 is 2.64 bits per heavy atom. The molecule has 0 aromatic carbocycles. The Balaban J connectivity index is 1.45. The number of carbonyl (C=O) groups excluding carboxylic acids is 1. The molecule has 4 rings (SSSR count). The molecule has 2 saturated heterocycles. The van der Waals surface area contributed by atoms with E-state index in [2.05, 4.69) is 10.1 Å². The van der Waals surface area contributed by atoms with Gasteiger partial charge in [-0.15, -0.1) is 0 Å². The highest BCUT2D eigenvalue weighted by Crippen LogP contribution is 2.45. The predicted octanol–water partition coefficient (Wildman–Crippen LogP) is 1.95. The van der Waals surface area contributed by atoms with E-state index in [0.717, 1.165) is 23.6 Å². The minimum absolute atomic E-state index is 0.107. The van der Waals surface area contributed by atoms with Crippen LogP contribution in [0.4, 0.5) is 0 Å². The van der Waals surface area contributed by atoms with Crippen LogP contribution in [0, 0.1) is 0 Å². The van der Waals surface area contributed by atoms with Crippen LogP contribution in [0.2, 0.25) is 0 Å². The van der Waals surface area contributed by atoms with E-state index in [0.29, 0.717) is 18.6 Å². The molecular weight excluding hydrogens is 336 g/mol. The molecular formula is C18H22N4O2S. The Labute approximate surface area is 151 Å². The molecule has 2 atom stereocenters. The molecule has 0 saturated carbocycles. The zero-order valence-electron chi connectivity index (χ0n) is 14.2. The van der Waals surface area contributed by atoms with Crippen molar-refractivity contribution in [3.05, 3.63) is 42.4 Å². The van der Waals surface area contributed by atoms with Crippen LogP contribution in [0.5, 0.6) is 0 Å². The number of carbonyl (C=O) groups is 1. The second-order valence-corrected chi connectivity index (χ2v) is 7.92. The van der Waals surface area contributed by atoms with E-state index in [4.69, 9.17) is 0 Å². The summed E-state index contributed by atoms with van der Waals surface area (Å²) in [6.07, 6.45) is 6.56. The SMILES string of the molecule is Cn1nccc1C1(O)C[C@H]2CC[C@H](C1)N2C(=O)CSc1ccccn1. The van der Waals surface area contributed by atoms with Gasteiger partial charge in [-0.25, -0.2) is 4.98 Å². The molecule has 0 radical (unpaired) electrons. The number of amides is 1. The van der Waals surface area contributed by atoms with E-state index in [9.17, 15) is 9.90 Å². The zero-order chi connectivity index (χ0) is 17.4. The summed E-state index contributed by atoms with van der Waals surface area (Å²) in [6.45, 7) is 0. The van der Waals surface area contributed by atoms with E-state index in [1.54, 1.807) is 17.1 Å². The standard InChI is InChI=1S/C18H22N4O2S/c1-21-15(7-9-20-21)18(24)10-13-5-6-14(11-18)22(13)17(23)12-25-16-4-2-3-8-19-16/h2-4,7-9,13-14,24H,5-6,10-12H2,1H3/t13-,14-/m1/s1. The molecule has 4 heterocycles. The molecule has 2 aromatic rings. The summed E-state index contributed by atoms with van der Waals surface area (Å²) >= 11 is 1.48. The Hall–Kier alpha value is -1.86. The van der Waals surface area contributed by atoms with Gasteiger partial charge in [0, 0.05) is 44.4 Å². The van der Waals surface area contributed by atoms with Crippen LogP contribution >= 0.6 is 11.8 Å². The van der Waals surface area contributed by atoms with Crippen LogP contribution < -0.4 is 0 Å². The molecule has 2 aliphatic rings. The quantitative estimate of drug-likeness (QED) is 0.846. The van der Waals surface area contributed by atoms with Crippen LogP contribution in [0.3, 0.4) is 0 Å². The van der Waals surface area contributed by atoms with Gasteiger partial charge >= 0.3 is 0 Å². The Kier molecular flexibility index (Phi) is 4.29. The number of piperidine rings is 1. The Morgan fingerprint density at radius 2 is 2.04 bits per heavy atom. The molecule has 132 valence electrons. The molecule has 0 unspecified atom stereocenters. The average molecular weight is 358 g/mol. The molecule has 2 aliphatic heterocycles. The third-order valence-electron chi connectivity index (χ3n) is 5.33. The van der Waals surface area contributed by atoms with Gasteiger partial charge in [-0.2, -0.15) is 5.10 Å². The van der Waals surface area contributed by atoms with Gasteiger partial charge in [-0.1, -0.05) is 17.8 Å². The molecule has 2 fully saturated rings. The van der Waals surface area contributed by atoms with Crippen LogP contribution in [0.1, 0.15) is 31.4 Å². The number of fused-ring (bicyclic) bond motifs is 2. The van der Waals surface area contributed by atoms with Gasteiger partial charge in [-0.3, -0.25) is 9.48 Å². The molecule has 2 aromatic heterocycles. The maximum Gasteiger partial charge on any atom is 0.233 e. The van der Waals surface area contributed by atoms with Crippen molar-refractivity contribution in [3.8, 4) is 0 Å². The summed E-state index contributed by atoms with van der Waals surface area (Å²) < 4.78 is 1.74. The van der Waals surface area contributed by atoms with Crippen LogP contribution in [-0.4, -0.2) is 48.5 Å². The van der Waals surface area contributed by atoms with Crippen molar-refractivity contribution in [2.75, 3.05) is 5.75 Å². The summed E-state index contributed by atoms with van der Waals surface area (Å²) in [6, 6.07) is 7.82. The number of aryl methyl sites for hydroxylation is 1. The number of aromatic nitrogens is 3. The van der Waals surface area contributed by atoms with E-state index >= 15 is 0 Å². The van der Waals surface area contributed by atoms with Crippen LogP contribution in [-0.2, 0) is 17.4 Å². The fraction of sp³-hybridized carbons (Fsp3) is 0.500. The highest BCUT2D eigenvalue weighted by atomic mass is 32.2. The van der Waals surface area contributed by atoms with Gasteiger partial charge in [0.1, 0.15) is 5.60 Å². The second-order valence-electron chi connectivity index (χ2n) is 6.92. The van der Waals surface area contributed by atoms with Crippen LogP contribution in [0.15, 0.2) is 41.7 Å². The first-order chi connectivity index (χ1) is 12.1. The third kappa shape index (κ3) is 3.06. The fourth-order valence-electron chi connectivity index (χ4n) is 4.31. The lowest BCUT2D eigenvalue weighted by molar-refractivity contribution is -0.139. The minimum Gasteiger partial charge on any atom is -0.383 e. The molecule has 0 spiro atoms. The van der Waals surface area contributed by atoms with Gasteiger partial charge < -0.3 is 10.0 Å². The van der Waals surface area contributed by atoms with E-state index in [1.807, 2.05) is 36.2 Å². The summed E-state index contributed by atoms with van der Waals surface area (Å²) in [4.78, 5) is 19.0. The van der Waals surface area contributed by atoms with Crippen molar-refractivity contribution in [3.63, 3.8) is 0 Å². The summed E-state index contributed by atoms with van der Waals surface area (Å²) in [5.74, 6) is 0.545. The van der Waals surface area contributed by atoms with Crippen LogP contribution in [0.25, 0.3) is 0 Å². The van der Waals surface area contributed by atoms with Gasteiger partial charge in [0.2, 0.25) is 5.91 Å². The summed E-state index contributed by atoms with van der Waals surface area (Å²) in [5.41, 5.74) is -0.0403. The monoisotopic (exact) mass is 358 g/mol. The Morgan fingerprint density at radius 1 is 1.28 bits per heavy atom. The average Bonchev–Trinajstić information content (AvgIpc) is 3.16. The van der Waals surface area contributed by atoms with Crippen molar-refractivity contribution in [2.45, 2.75) is 48.4 Å². The van der Waals surface area contributed by atoms with Crippen molar-refractivity contribution >= 4 is 17.7 Å². The largest absolute Gasteiger partial charge is 0.383 e. The zero-order valence-corrected chi connectivity index (χ0v) is 15.0. The second kappa shape index (κ2) is 6.46. The maximum atomic E-state index is 12.8. The van der Waals surface area contributed by atoms with Crippen molar-refractivity contribution < 1.29 is 9.90 Å². The number of thioether (sulfide) groups is 1. The number of nitrogens with zero attached hydrogens (tertiary/aromatic N) is 4. The highest BCUT2D eigenvalue weighted by molar-refractivity contribution is 7.99. The van der Waals surface area contributed by atoms with Crippen molar-refractivity contribution in [1.29, 1.82) is 0 Å². The first-order valence-corrected chi connectivity index (χ1v) is 9.61. The molecule has 1 amide bonds. The molecule has 7 heteroatoms. The van der Waals surface area contributed by atoms with E-state index in [-0.39, 0.29) is 18.0 Å². The number of hydrogen-bond acceptors (Lipinski definition) is 5. The van der Waals surface area contributed by atoms with Gasteiger partial charge in [-0.05, 0) is 31.0 Å².